The van der Waals surface area contributed by atoms with Crippen molar-refractivity contribution in [3.05, 3.63) is 100.0 Å². The van der Waals surface area contributed by atoms with E-state index in [2.05, 4.69) is 14.8 Å². The molecule has 1 amide bonds. The first-order valence-electron chi connectivity index (χ1n) is 15.5. The molecule has 2 fully saturated rings. The predicted octanol–water partition coefficient (Wildman–Crippen LogP) is 7.59. The Morgan fingerprint density at radius 1 is 1.02 bits per heavy atom. The van der Waals surface area contributed by atoms with Gasteiger partial charge in [-0.15, -0.1) is 0 Å². The second-order valence-corrected chi connectivity index (χ2v) is 12.7. The van der Waals surface area contributed by atoms with Crippen LogP contribution in [0.1, 0.15) is 70.4 Å². The summed E-state index contributed by atoms with van der Waals surface area (Å²) in [6.45, 7) is 3.91. The summed E-state index contributed by atoms with van der Waals surface area (Å²) in [7, 11) is 1.65. The third kappa shape index (κ3) is 6.40. The molecule has 2 aliphatic heterocycles. The van der Waals surface area contributed by atoms with Crippen molar-refractivity contribution < 1.29 is 18.7 Å². The minimum atomic E-state index is -0.322. The van der Waals surface area contributed by atoms with Gasteiger partial charge in [-0.05, 0) is 92.5 Å². The maximum absolute atomic E-state index is 13.6. The molecule has 2 unspecified atom stereocenters. The molecule has 0 spiro atoms. The number of rotatable bonds is 11. The molecule has 0 radical (unpaired) electrons. The van der Waals surface area contributed by atoms with E-state index in [4.69, 9.17) is 16.3 Å². The second-order valence-electron chi connectivity index (χ2n) is 12.3. The molecule has 230 valence electrons. The van der Waals surface area contributed by atoms with Crippen molar-refractivity contribution in [3.63, 3.8) is 0 Å². The number of halogens is 2. The Morgan fingerprint density at radius 2 is 1.80 bits per heavy atom. The number of aromatic nitrogens is 1. The number of nitrogens with one attached hydrogen (secondary N) is 1. The summed E-state index contributed by atoms with van der Waals surface area (Å²) in [4.78, 5) is 29.0. The smallest absolute Gasteiger partial charge is 0.253 e. The van der Waals surface area contributed by atoms with Gasteiger partial charge < -0.3 is 14.6 Å². The number of aryl methyl sites for hydroxylation is 2. The van der Waals surface area contributed by atoms with Crippen LogP contribution in [0.15, 0.2) is 66.9 Å². The largest absolute Gasteiger partial charge is 0.495 e. The molecule has 0 saturated carbocycles. The standard InChI is InChI=1S/C36H39ClFN3O3/c1-23-16-26(10-13-32(23)37)33(42)20-25-18-28-11-12-29(19-25)41(28)15-5-14-40-22-31(30-8-4-9-34(44-2)35(30)40)36(43)39-21-24-6-3-7-27(38)17-24/h3-4,6-10,13,16-17,22,25,28-29H,5,11-12,14-15,18-21H2,1-2H3,(H,39,43). The lowest BCUT2D eigenvalue weighted by Crippen LogP contribution is -2.43. The first-order valence-corrected chi connectivity index (χ1v) is 15.9. The Morgan fingerprint density at radius 3 is 2.52 bits per heavy atom. The van der Waals surface area contributed by atoms with Crippen LogP contribution in [0.25, 0.3) is 10.9 Å². The van der Waals surface area contributed by atoms with Crippen LogP contribution in [0.4, 0.5) is 4.39 Å². The maximum atomic E-state index is 13.6. The molecule has 2 aliphatic rings. The Hall–Kier alpha value is -3.68. The summed E-state index contributed by atoms with van der Waals surface area (Å²) in [6, 6.07) is 18.6. The van der Waals surface area contributed by atoms with Crippen molar-refractivity contribution >= 4 is 34.2 Å². The van der Waals surface area contributed by atoms with Gasteiger partial charge in [-0.25, -0.2) is 4.39 Å². The Kier molecular flexibility index (Phi) is 9.06. The fourth-order valence-electron chi connectivity index (χ4n) is 7.31. The summed E-state index contributed by atoms with van der Waals surface area (Å²) < 4.78 is 21.4. The molecule has 44 heavy (non-hydrogen) atoms. The topological polar surface area (TPSA) is 63.6 Å². The van der Waals surface area contributed by atoms with E-state index in [1.54, 1.807) is 19.2 Å². The zero-order valence-electron chi connectivity index (χ0n) is 25.3. The summed E-state index contributed by atoms with van der Waals surface area (Å²) in [6.07, 6.45) is 7.94. The van der Waals surface area contributed by atoms with E-state index in [1.165, 1.54) is 25.0 Å². The molecule has 4 aromatic rings. The number of piperidine rings is 1. The summed E-state index contributed by atoms with van der Waals surface area (Å²) in [5.74, 6) is 0.838. The molecule has 2 bridgehead atoms. The highest BCUT2D eigenvalue weighted by atomic mass is 35.5. The van der Waals surface area contributed by atoms with E-state index >= 15 is 0 Å². The number of hydrogen-bond acceptors (Lipinski definition) is 4. The van der Waals surface area contributed by atoms with E-state index in [9.17, 15) is 14.0 Å². The van der Waals surface area contributed by atoms with Crippen molar-refractivity contribution in [2.45, 2.75) is 70.6 Å². The monoisotopic (exact) mass is 615 g/mol. The molecule has 1 N–H and O–H groups in total. The number of para-hydroxylation sites is 1. The van der Waals surface area contributed by atoms with Gasteiger partial charge in [0.2, 0.25) is 0 Å². The average Bonchev–Trinajstić information content (AvgIpc) is 3.50. The van der Waals surface area contributed by atoms with Crippen LogP contribution in [0.3, 0.4) is 0 Å². The molecule has 6 nitrogen and oxygen atoms in total. The molecule has 2 atom stereocenters. The van der Waals surface area contributed by atoms with Gasteiger partial charge >= 0.3 is 0 Å². The van der Waals surface area contributed by atoms with Crippen LogP contribution >= 0.6 is 11.6 Å². The summed E-state index contributed by atoms with van der Waals surface area (Å²) in [5, 5.41) is 4.48. The summed E-state index contributed by atoms with van der Waals surface area (Å²) >= 11 is 6.16. The van der Waals surface area contributed by atoms with E-state index in [-0.39, 0.29) is 24.1 Å². The average molecular weight is 616 g/mol. The van der Waals surface area contributed by atoms with E-state index in [0.717, 1.165) is 60.1 Å². The lowest BCUT2D eigenvalue weighted by molar-refractivity contribution is 0.0807. The molecular formula is C36H39ClFN3O3. The van der Waals surface area contributed by atoms with Gasteiger partial charge in [0.25, 0.3) is 5.91 Å². The highest BCUT2D eigenvalue weighted by Crippen LogP contribution is 2.40. The number of carbonyl (C=O) groups excluding carboxylic acids is 2. The van der Waals surface area contributed by atoms with Crippen molar-refractivity contribution in [2.75, 3.05) is 13.7 Å². The number of methoxy groups -OCH3 is 1. The fourth-order valence-corrected chi connectivity index (χ4v) is 7.43. The molecular weight excluding hydrogens is 577 g/mol. The second kappa shape index (κ2) is 13.1. The van der Waals surface area contributed by atoms with Gasteiger partial charge in [0, 0.05) is 60.3 Å². The third-order valence-electron chi connectivity index (χ3n) is 9.42. The zero-order valence-corrected chi connectivity index (χ0v) is 26.1. The SMILES string of the molecule is COc1cccc2c(C(=O)NCc3cccc(F)c3)cn(CCCN3C4CCC3CC(CC(=O)c3ccc(Cl)c(C)c3)C4)c12. The Labute approximate surface area is 263 Å². The van der Waals surface area contributed by atoms with Crippen LogP contribution in [-0.2, 0) is 13.1 Å². The quantitative estimate of drug-likeness (QED) is 0.177. The Balaban J connectivity index is 1.09. The highest BCUT2D eigenvalue weighted by molar-refractivity contribution is 6.31. The molecule has 1 aromatic heterocycles. The number of benzene rings is 3. The number of nitrogens with zero attached hydrogens (tertiary/aromatic N) is 2. The molecule has 2 saturated heterocycles. The number of ether oxygens (including phenoxy) is 1. The van der Waals surface area contributed by atoms with Crippen LogP contribution < -0.4 is 10.1 Å². The maximum Gasteiger partial charge on any atom is 0.253 e. The zero-order chi connectivity index (χ0) is 30.8. The van der Waals surface area contributed by atoms with Crippen LogP contribution in [0.5, 0.6) is 5.75 Å². The van der Waals surface area contributed by atoms with Gasteiger partial charge in [0.1, 0.15) is 11.6 Å². The lowest BCUT2D eigenvalue weighted by atomic mass is 9.85. The van der Waals surface area contributed by atoms with Crippen molar-refractivity contribution in [3.8, 4) is 5.75 Å². The predicted molar refractivity (Wildman–Crippen MR) is 172 cm³/mol. The minimum absolute atomic E-state index is 0.199. The number of carbonyl (C=O) groups is 2. The number of hydrogen-bond donors (Lipinski definition) is 1. The molecule has 3 heterocycles. The minimum Gasteiger partial charge on any atom is -0.495 e. The highest BCUT2D eigenvalue weighted by Gasteiger charge is 2.40. The fraction of sp³-hybridized carbons (Fsp3) is 0.389. The van der Waals surface area contributed by atoms with Gasteiger partial charge in [-0.3, -0.25) is 14.5 Å². The molecule has 0 aliphatic carbocycles. The van der Waals surface area contributed by atoms with Crippen molar-refractivity contribution in [1.82, 2.24) is 14.8 Å². The van der Waals surface area contributed by atoms with E-state index in [0.29, 0.717) is 40.6 Å². The van der Waals surface area contributed by atoms with E-state index < -0.39 is 0 Å². The lowest BCUT2D eigenvalue weighted by Gasteiger charge is -2.39. The third-order valence-corrected chi connectivity index (χ3v) is 9.84. The van der Waals surface area contributed by atoms with Crippen LogP contribution in [-0.4, -0.2) is 46.9 Å². The number of ketones is 1. The first kappa shape index (κ1) is 30.4. The van der Waals surface area contributed by atoms with Crippen LogP contribution in [0.2, 0.25) is 5.02 Å². The number of fused-ring (bicyclic) bond motifs is 3. The molecule has 6 rings (SSSR count). The normalized spacial score (nSPS) is 19.8. The first-order chi connectivity index (χ1) is 21.3. The van der Waals surface area contributed by atoms with Gasteiger partial charge in [0.05, 0.1) is 18.2 Å². The number of Topliss-reactive ketones (excluding diaryl/α,β-unsaturated/α-hetero) is 1. The van der Waals surface area contributed by atoms with E-state index in [1.807, 2.05) is 49.5 Å². The van der Waals surface area contributed by atoms with Gasteiger partial charge in [-0.2, -0.15) is 0 Å². The van der Waals surface area contributed by atoms with Crippen molar-refractivity contribution in [1.29, 1.82) is 0 Å². The number of amides is 1. The molecule has 3 aromatic carbocycles. The van der Waals surface area contributed by atoms with Crippen molar-refractivity contribution in [2.24, 2.45) is 5.92 Å². The van der Waals surface area contributed by atoms with Crippen LogP contribution in [0, 0.1) is 18.7 Å². The van der Waals surface area contributed by atoms with Gasteiger partial charge in [0.15, 0.2) is 5.78 Å². The van der Waals surface area contributed by atoms with Gasteiger partial charge in [-0.1, -0.05) is 35.9 Å². The summed E-state index contributed by atoms with van der Waals surface area (Å²) in [5.41, 5.74) is 3.90. The Bertz CT molecular complexity index is 1670. The molecule has 8 heteroatoms.